The van der Waals surface area contributed by atoms with Gasteiger partial charge in [-0.3, -0.25) is 20.2 Å². The van der Waals surface area contributed by atoms with Crippen molar-refractivity contribution >= 4 is 27.1 Å². The summed E-state index contributed by atoms with van der Waals surface area (Å²) >= 11 is 0. The first-order valence-corrected chi connectivity index (χ1v) is 10.0. The molecule has 0 aliphatic carbocycles. The van der Waals surface area contributed by atoms with Crippen LogP contribution in [0.1, 0.15) is 26.2 Å². The van der Waals surface area contributed by atoms with Crippen molar-refractivity contribution in [1.29, 1.82) is 0 Å². The van der Waals surface area contributed by atoms with Gasteiger partial charge in [0.1, 0.15) is 0 Å². The number of hydrogen-bond donors (Lipinski definition) is 1. The molecule has 0 radical (unpaired) electrons. The van der Waals surface area contributed by atoms with Crippen LogP contribution in [-0.4, -0.2) is 55.4 Å². The van der Waals surface area contributed by atoms with Crippen LogP contribution in [-0.2, 0) is 14.8 Å². The molecular weight excluding hydrogens is 380 g/mol. The number of anilines is 1. The number of ether oxygens (including phenoxy) is 1. The minimum atomic E-state index is -4.10. The first kappa shape index (κ1) is 21.0. The summed E-state index contributed by atoms with van der Waals surface area (Å²) in [5, 5.41) is 25.6. The van der Waals surface area contributed by atoms with Crippen LogP contribution in [0.25, 0.3) is 0 Å². The van der Waals surface area contributed by atoms with Gasteiger partial charge in [0.15, 0.2) is 5.69 Å². The molecule has 1 saturated heterocycles. The molecule has 12 heteroatoms. The van der Waals surface area contributed by atoms with E-state index in [2.05, 4.69) is 5.32 Å². The molecule has 0 bridgehead atoms. The van der Waals surface area contributed by atoms with Gasteiger partial charge >= 0.3 is 11.4 Å². The second-order valence-electron chi connectivity index (χ2n) is 6.00. The van der Waals surface area contributed by atoms with Gasteiger partial charge in [0, 0.05) is 31.8 Å². The van der Waals surface area contributed by atoms with E-state index in [9.17, 15) is 28.6 Å². The highest BCUT2D eigenvalue weighted by Gasteiger charge is 2.33. The molecule has 1 fully saturated rings. The maximum atomic E-state index is 12.8. The zero-order chi connectivity index (χ0) is 20.0. The molecule has 2 rings (SSSR count). The number of morpholine rings is 1. The van der Waals surface area contributed by atoms with Crippen LogP contribution in [0.4, 0.5) is 17.1 Å². The molecule has 0 unspecified atom stereocenters. The molecule has 0 aromatic heterocycles. The van der Waals surface area contributed by atoms with Gasteiger partial charge in [-0.1, -0.05) is 19.8 Å². The van der Waals surface area contributed by atoms with E-state index >= 15 is 0 Å². The van der Waals surface area contributed by atoms with Gasteiger partial charge in [-0.15, -0.1) is 0 Å². The summed E-state index contributed by atoms with van der Waals surface area (Å²) in [5.74, 6) is 0. The van der Waals surface area contributed by atoms with Crippen LogP contribution in [0.15, 0.2) is 17.0 Å². The number of sulfonamides is 1. The van der Waals surface area contributed by atoms with Crippen LogP contribution in [0, 0.1) is 20.2 Å². The van der Waals surface area contributed by atoms with E-state index in [4.69, 9.17) is 4.74 Å². The second kappa shape index (κ2) is 9.06. The van der Waals surface area contributed by atoms with Crippen molar-refractivity contribution in [1.82, 2.24) is 4.31 Å². The van der Waals surface area contributed by atoms with Crippen LogP contribution in [0.5, 0.6) is 0 Å². The van der Waals surface area contributed by atoms with Crippen molar-refractivity contribution in [2.75, 3.05) is 38.2 Å². The third kappa shape index (κ3) is 4.90. The molecule has 0 atom stereocenters. The third-order valence-corrected chi connectivity index (χ3v) is 6.03. The number of unbranched alkanes of at least 4 members (excludes halogenated alkanes) is 2. The predicted molar refractivity (Wildman–Crippen MR) is 97.3 cm³/mol. The van der Waals surface area contributed by atoms with E-state index < -0.39 is 36.1 Å². The molecule has 11 nitrogen and oxygen atoms in total. The number of hydrogen-bond acceptors (Lipinski definition) is 8. The Bertz CT molecular complexity index is 771. The SMILES string of the molecule is CCCCCNc1c([N+](=O)[O-])cc(S(=O)(=O)N2CCOCC2)cc1[N+](=O)[O-]. The number of rotatable bonds is 9. The molecule has 1 aliphatic rings. The summed E-state index contributed by atoms with van der Waals surface area (Å²) < 4.78 is 31.7. The molecule has 0 spiro atoms. The van der Waals surface area contributed by atoms with Crippen LogP contribution in [0.3, 0.4) is 0 Å². The third-order valence-electron chi connectivity index (χ3n) is 4.15. The Morgan fingerprint density at radius 3 is 2.15 bits per heavy atom. The quantitative estimate of drug-likeness (QED) is 0.375. The van der Waals surface area contributed by atoms with Crippen molar-refractivity contribution in [3.05, 3.63) is 32.4 Å². The zero-order valence-electron chi connectivity index (χ0n) is 14.9. The monoisotopic (exact) mass is 402 g/mol. The summed E-state index contributed by atoms with van der Waals surface area (Å²) in [5.41, 5.74) is -1.54. The van der Waals surface area contributed by atoms with E-state index in [1.165, 1.54) is 0 Å². The van der Waals surface area contributed by atoms with Crippen molar-refractivity contribution in [2.45, 2.75) is 31.1 Å². The van der Waals surface area contributed by atoms with Crippen molar-refractivity contribution in [2.24, 2.45) is 0 Å². The molecule has 1 aliphatic heterocycles. The summed E-state index contributed by atoms with van der Waals surface area (Å²) in [4.78, 5) is 20.8. The Balaban J connectivity index is 2.48. The summed E-state index contributed by atoms with van der Waals surface area (Å²) in [6.07, 6.45) is 2.46. The molecule has 1 aromatic carbocycles. The van der Waals surface area contributed by atoms with Crippen LogP contribution >= 0.6 is 0 Å². The predicted octanol–water partition coefficient (Wildman–Crippen LogP) is 2.13. The first-order chi connectivity index (χ1) is 12.8. The Morgan fingerprint density at radius 2 is 1.67 bits per heavy atom. The van der Waals surface area contributed by atoms with Gasteiger partial charge < -0.3 is 10.1 Å². The Kier molecular flexibility index (Phi) is 7.05. The number of nitrogens with zero attached hydrogens (tertiary/aromatic N) is 3. The van der Waals surface area contributed by atoms with Crippen LogP contribution in [0.2, 0.25) is 0 Å². The molecule has 1 aromatic rings. The number of benzene rings is 1. The van der Waals surface area contributed by atoms with Crippen LogP contribution < -0.4 is 5.32 Å². The zero-order valence-corrected chi connectivity index (χ0v) is 15.7. The molecule has 27 heavy (non-hydrogen) atoms. The minimum Gasteiger partial charge on any atom is -0.379 e. The standard InChI is InChI=1S/C15H22N4O7S/c1-2-3-4-5-16-15-13(18(20)21)10-12(11-14(15)19(22)23)27(24,25)17-6-8-26-9-7-17/h10-11,16H,2-9H2,1H3. The largest absolute Gasteiger partial charge is 0.379 e. The number of nitrogens with one attached hydrogen (secondary N) is 1. The molecule has 1 N–H and O–H groups in total. The van der Waals surface area contributed by atoms with E-state index in [0.717, 1.165) is 29.3 Å². The van der Waals surface area contributed by atoms with Crippen molar-refractivity contribution in [3.8, 4) is 0 Å². The fourth-order valence-corrected chi connectivity index (χ4v) is 4.18. The molecule has 0 amide bonds. The lowest BCUT2D eigenvalue weighted by Gasteiger charge is -2.26. The summed E-state index contributed by atoms with van der Waals surface area (Å²) in [6, 6.07) is 1.75. The Hall–Kier alpha value is -2.31. The first-order valence-electron chi connectivity index (χ1n) is 8.57. The van der Waals surface area contributed by atoms with E-state index in [1.54, 1.807) is 0 Å². The number of nitro benzene ring substituents is 2. The maximum absolute atomic E-state index is 12.8. The van der Waals surface area contributed by atoms with Gasteiger partial charge in [-0.05, 0) is 6.42 Å². The second-order valence-corrected chi connectivity index (χ2v) is 7.94. The van der Waals surface area contributed by atoms with Gasteiger partial charge in [0.2, 0.25) is 10.0 Å². The smallest absolute Gasteiger partial charge is 0.300 e. The average Bonchev–Trinajstić information content (AvgIpc) is 2.65. The minimum absolute atomic E-state index is 0.0843. The summed E-state index contributed by atoms with van der Waals surface area (Å²) in [7, 11) is -4.10. The van der Waals surface area contributed by atoms with Gasteiger partial charge in [0.25, 0.3) is 0 Å². The average molecular weight is 402 g/mol. The number of nitro groups is 2. The lowest BCUT2D eigenvalue weighted by Crippen LogP contribution is -2.40. The highest BCUT2D eigenvalue weighted by molar-refractivity contribution is 7.89. The Morgan fingerprint density at radius 1 is 1.11 bits per heavy atom. The maximum Gasteiger partial charge on any atom is 0.300 e. The Labute approximate surface area is 156 Å². The summed E-state index contributed by atoms with van der Waals surface area (Å²) in [6.45, 7) is 2.85. The molecule has 150 valence electrons. The fraction of sp³-hybridized carbons (Fsp3) is 0.600. The molecule has 0 saturated carbocycles. The fourth-order valence-electron chi connectivity index (χ4n) is 2.73. The highest BCUT2D eigenvalue weighted by Crippen LogP contribution is 2.38. The topological polar surface area (TPSA) is 145 Å². The molecule has 1 heterocycles. The van der Waals surface area contributed by atoms with Crippen molar-refractivity contribution < 1.29 is 23.0 Å². The highest BCUT2D eigenvalue weighted by atomic mass is 32.2. The van der Waals surface area contributed by atoms with E-state index in [1.807, 2.05) is 6.92 Å². The molecular formula is C15H22N4O7S. The normalized spacial score (nSPS) is 15.4. The lowest BCUT2D eigenvalue weighted by molar-refractivity contribution is -0.392. The lowest BCUT2D eigenvalue weighted by atomic mass is 10.2. The van der Waals surface area contributed by atoms with E-state index in [-0.39, 0.29) is 32.0 Å². The van der Waals surface area contributed by atoms with Gasteiger partial charge in [0.05, 0.1) is 28.0 Å². The van der Waals surface area contributed by atoms with Gasteiger partial charge in [-0.25, -0.2) is 8.42 Å². The van der Waals surface area contributed by atoms with Gasteiger partial charge in [-0.2, -0.15) is 4.31 Å². The van der Waals surface area contributed by atoms with E-state index in [0.29, 0.717) is 13.0 Å². The van der Waals surface area contributed by atoms with Crippen molar-refractivity contribution in [3.63, 3.8) is 0 Å².